The van der Waals surface area contributed by atoms with Crippen molar-refractivity contribution >= 4 is 11.9 Å². The molecule has 5 nitrogen and oxygen atoms in total. The Bertz CT molecular complexity index is 514. The first-order valence-electron chi connectivity index (χ1n) is 7.91. The normalized spacial score (nSPS) is 24.5. The molecule has 0 radical (unpaired) electrons. The third-order valence-electron chi connectivity index (χ3n) is 4.40. The number of anilines is 1. The molecule has 1 heterocycles. The maximum atomic E-state index is 11.8. The topological polar surface area (TPSA) is 77.2 Å². The maximum Gasteiger partial charge on any atom is 0.407 e. The van der Waals surface area contributed by atoms with Crippen LogP contribution in [0.25, 0.3) is 0 Å². The third-order valence-corrected chi connectivity index (χ3v) is 4.40. The Hall–Kier alpha value is -1.78. The van der Waals surface area contributed by atoms with Crippen LogP contribution in [0, 0.1) is 5.41 Å². The van der Waals surface area contributed by atoms with E-state index < -0.39 is 5.60 Å². The van der Waals surface area contributed by atoms with E-state index in [0.717, 1.165) is 19.3 Å². The van der Waals surface area contributed by atoms with Gasteiger partial charge in [-0.25, -0.2) is 9.78 Å². The Balaban J connectivity index is 1.86. The summed E-state index contributed by atoms with van der Waals surface area (Å²) in [6, 6.07) is 3.90. The molecule has 5 heteroatoms. The fourth-order valence-electron chi connectivity index (χ4n) is 3.01. The molecule has 1 aromatic rings. The van der Waals surface area contributed by atoms with Gasteiger partial charge in [-0.1, -0.05) is 13.0 Å². The highest BCUT2D eigenvalue weighted by molar-refractivity contribution is 5.67. The summed E-state index contributed by atoms with van der Waals surface area (Å²) in [5.74, 6) is 1.06. The third kappa shape index (κ3) is 4.12. The van der Waals surface area contributed by atoms with Crippen LogP contribution in [0.1, 0.15) is 58.4 Å². The van der Waals surface area contributed by atoms with Gasteiger partial charge in [0.1, 0.15) is 11.4 Å². The molecule has 0 bridgehead atoms. The van der Waals surface area contributed by atoms with Crippen LogP contribution >= 0.6 is 0 Å². The number of nitrogens with one attached hydrogen (secondary N) is 1. The lowest BCUT2D eigenvalue weighted by Gasteiger charge is -2.47. The molecule has 1 saturated carbocycles. The Morgan fingerprint density at radius 3 is 2.64 bits per heavy atom. The van der Waals surface area contributed by atoms with Crippen LogP contribution in [-0.2, 0) is 4.74 Å². The molecular formula is C17H27N3O2. The largest absolute Gasteiger partial charge is 0.444 e. The highest BCUT2D eigenvalue weighted by Gasteiger charge is 2.43. The molecule has 0 aromatic carbocycles. The first kappa shape index (κ1) is 16.6. The standard InChI is InChI=1S/C17H27N3O2/c1-5-17(11-20-15(21)22-16(2,3)4)8-13(9-17)12-6-7-14(18)19-10-12/h6-7,10,13H,5,8-9,11H2,1-4H3,(H2,18,19)(H,20,21). The number of hydrogen-bond acceptors (Lipinski definition) is 4. The van der Waals surface area contributed by atoms with Crippen LogP contribution in [0.4, 0.5) is 10.6 Å². The van der Waals surface area contributed by atoms with Crippen molar-refractivity contribution in [2.75, 3.05) is 12.3 Å². The number of nitrogens with zero attached hydrogens (tertiary/aromatic N) is 1. The summed E-state index contributed by atoms with van der Waals surface area (Å²) in [5, 5.41) is 2.92. The smallest absolute Gasteiger partial charge is 0.407 e. The summed E-state index contributed by atoms with van der Waals surface area (Å²) < 4.78 is 5.30. The van der Waals surface area contributed by atoms with Gasteiger partial charge >= 0.3 is 6.09 Å². The monoisotopic (exact) mass is 305 g/mol. The van der Waals surface area contributed by atoms with E-state index in [1.54, 1.807) is 0 Å². The van der Waals surface area contributed by atoms with Gasteiger partial charge in [0.2, 0.25) is 0 Å². The minimum atomic E-state index is -0.457. The maximum absolute atomic E-state index is 11.8. The first-order chi connectivity index (χ1) is 10.2. The fourth-order valence-corrected chi connectivity index (χ4v) is 3.01. The molecule has 0 atom stereocenters. The van der Waals surface area contributed by atoms with Crippen LogP contribution in [0.5, 0.6) is 0 Å². The number of nitrogen functional groups attached to an aromatic ring is 1. The van der Waals surface area contributed by atoms with Crippen molar-refractivity contribution in [2.24, 2.45) is 5.41 Å². The molecule has 2 rings (SSSR count). The number of carbonyl (C=O) groups excluding carboxylic acids is 1. The molecule has 1 fully saturated rings. The lowest BCUT2D eigenvalue weighted by Crippen LogP contribution is -2.46. The molecule has 1 aliphatic carbocycles. The second-order valence-corrected chi connectivity index (χ2v) is 7.33. The van der Waals surface area contributed by atoms with Crippen LogP contribution < -0.4 is 11.1 Å². The van der Waals surface area contributed by atoms with Crippen molar-refractivity contribution in [3.05, 3.63) is 23.9 Å². The number of pyridine rings is 1. The van der Waals surface area contributed by atoms with Crippen LogP contribution in [0.2, 0.25) is 0 Å². The SMILES string of the molecule is CCC1(CNC(=O)OC(C)(C)C)CC(c2ccc(N)nc2)C1. The molecule has 0 spiro atoms. The summed E-state index contributed by atoms with van der Waals surface area (Å²) in [4.78, 5) is 16.0. The highest BCUT2D eigenvalue weighted by atomic mass is 16.6. The van der Waals surface area contributed by atoms with E-state index in [1.807, 2.05) is 39.1 Å². The van der Waals surface area contributed by atoms with Gasteiger partial charge in [-0.3, -0.25) is 0 Å². The summed E-state index contributed by atoms with van der Waals surface area (Å²) >= 11 is 0. The van der Waals surface area contributed by atoms with Crippen LogP contribution in [0.15, 0.2) is 18.3 Å². The minimum absolute atomic E-state index is 0.170. The number of hydrogen-bond donors (Lipinski definition) is 2. The number of nitrogens with two attached hydrogens (primary N) is 1. The summed E-state index contributed by atoms with van der Waals surface area (Å²) in [6.45, 7) is 8.45. The molecule has 1 aromatic heterocycles. The first-order valence-corrected chi connectivity index (χ1v) is 7.91. The molecule has 1 aliphatic rings. The van der Waals surface area contributed by atoms with Gasteiger partial charge in [0, 0.05) is 12.7 Å². The molecule has 1 amide bonds. The molecule has 122 valence electrons. The summed E-state index contributed by atoms with van der Waals surface area (Å²) in [7, 11) is 0. The summed E-state index contributed by atoms with van der Waals surface area (Å²) in [5.41, 5.74) is 6.57. The second kappa shape index (κ2) is 6.15. The van der Waals surface area contributed by atoms with Gasteiger partial charge in [-0.15, -0.1) is 0 Å². The van der Waals surface area contributed by atoms with E-state index in [9.17, 15) is 4.79 Å². The lowest BCUT2D eigenvalue weighted by molar-refractivity contribution is 0.0411. The van der Waals surface area contributed by atoms with Crippen LogP contribution in [-0.4, -0.2) is 23.2 Å². The van der Waals surface area contributed by atoms with Crippen molar-refractivity contribution in [1.82, 2.24) is 10.3 Å². The molecule has 22 heavy (non-hydrogen) atoms. The zero-order valence-electron chi connectivity index (χ0n) is 14.0. The van der Waals surface area contributed by atoms with Gasteiger partial charge < -0.3 is 15.8 Å². The predicted octanol–water partition coefficient (Wildman–Crippen LogP) is 3.46. The predicted molar refractivity (Wildman–Crippen MR) is 87.6 cm³/mol. The minimum Gasteiger partial charge on any atom is -0.444 e. The molecular weight excluding hydrogens is 278 g/mol. The zero-order valence-corrected chi connectivity index (χ0v) is 14.0. The average molecular weight is 305 g/mol. The zero-order chi connectivity index (χ0) is 16.4. The molecule has 0 aliphatic heterocycles. The Morgan fingerprint density at radius 2 is 2.14 bits per heavy atom. The number of amides is 1. The number of carbonyl (C=O) groups is 1. The number of rotatable bonds is 4. The lowest BCUT2D eigenvalue weighted by atomic mass is 9.59. The van der Waals surface area contributed by atoms with Crippen molar-refractivity contribution in [2.45, 2.75) is 58.5 Å². The van der Waals surface area contributed by atoms with Gasteiger partial charge in [0.05, 0.1) is 0 Å². The van der Waals surface area contributed by atoms with E-state index in [2.05, 4.69) is 17.2 Å². The van der Waals surface area contributed by atoms with Crippen molar-refractivity contribution in [3.8, 4) is 0 Å². The quantitative estimate of drug-likeness (QED) is 0.893. The van der Waals surface area contributed by atoms with E-state index >= 15 is 0 Å². The van der Waals surface area contributed by atoms with Crippen molar-refractivity contribution in [1.29, 1.82) is 0 Å². The van der Waals surface area contributed by atoms with Gasteiger partial charge in [-0.2, -0.15) is 0 Å². The van der Waals surface area contributed by atoms with Gasteiger partial charge in [0.25, 0.3) is 0 Å². The van der Waals surface area contributed by atoms with E-state index in [-0.39, 0.29) is 11.5 Å². The Morgan fingerprint density at radius 1 is 1.45 bits per heavy atom. The van der Waals surface area contributed by atoms with Crippen LogP contribution in [0.3, 0.4) is 0 Å². The van der Waals surface area contributed by atoms with Crippen molar-refractivity contribution in [3.63, 3.8) is 0 Å². The Kier molecular flexibility index (Phi) is 4.63. The van der Waals surface area contributed by atoms with E-state index in [1.165, 1.54) is 5.56 Å². The highest BCUT2D eigenvalue weighted by Crippen LogP contribution is 2.52. The van der Waals surface area contributed by atoms with E-state index in [4.69, 9.17) is 10.5 Å². The van der Waals surface area contributed by atoms with Crippen molar-refractivity contribution < 1.29 is 9.53 Å². The molecule has 0 saturated heterocycles. The Labute approximate surface area is 132 Å². The summed E-state index contributed by atoms with van der Waals surface area (Å²) in [6.07, 6.45) is 4.69. The number of aromatic nitrogens is 1. The van der Waals surface area contributed by atoms with Gasteiger partial charge in [0.15, 0.2) is 0 Å². The molecule has 0 unspecified atom stereocenters. The van der Waals surface area contributed by atoms with Gasteiger partial charge in [-0.05, 0) is 63.0 Å². The fraction of sp³-hybridized carbons (Fsp3) is 0.647. The molecule has 3 N–H and O–H groups in total. The van der Waals surface area contributed by atoms with E-state index in [0.29, 0.717) is 18.3 Å². The number of ether oxygens (including phenoxy) is 1. The number of alkyl carbamates (subject to hydrolysis) is 1. The second-order valence-electron chi connectivity index (χ2n) is 7.33. The average Bonchev–Trinajstić information content (AvgIpc) is 2.37.